The standard InChI is InChI=1S/C7H7F.C5H8O2/c1-6-2-4-7(8)5-3-6;1-4-2-3-5(6)7-4/h2-5H,1H3;4H,2-3H2,1H3/t;4-/m.0/s1. The molecule has 1 aliphatic heterocycles. The van der Waals surface area contributed by atoms with Gasteiger partial charge in [0.25, 0.3) is 0 Å². The highest BCUT2D eigenvalue weighted by Gasteiger charge is 2.17. The highest BCUT2D eigenvalue weighted by atomic mass is 19.1. The fourth-order valence-electron chi connectivity index (χ4n) is 1.20. The Labute approximate surface area is 89.1 Å². The normalized spacial score (nSPS) is 19.1. The number of hydrogen-bond acceptors (Lipinski definition) is 2. The number of rotatable bonds is 0. The molecule has 0 spiro atoms. The molecule has 0 radical (unpaired) electrons. The summed E-state index contributed by atoms with van der Waals surface area (Å²) >= 11 is 0. The monoisotopic (exact) mass is 210 g/mol. The quantitative estimate of drug-likeness (QED) is 0.615. The molecule has 1 aromatic rings. The third-order valence-corrected chi connectivity index (χ3v) is 2.10. The fourth-order valence-corrected chi connectivity index (χ4v) is 1.20. The summed E-state index contributed by atoms with van der Waals surface area (Å²) in [7, 11) is 0. The molecule has 1 fully saturated rings. The van der Waals surface area contributed by atoms with E-state index >= 15 is 0 Å². The van der Waals surface area contributed by atoms with Crippen LogP contribution in [0.25, 0.3) is 0 Å². The zero-order valence-corrected chi connectivity index (χ0v) is 9.00. The van der Waals surface area contributed by atoms with Crippen LogP contribution >= 0.6 is 0 Å². The van der Waals surface area contributed by atoms with Crippen LogP contribution in [0, 0.1) is 12.7 Å². The molecule has 0 unspecified atom stereocenters. The lowest BCUT2D eigenvalue weighted by Crippen LogP contribution is -1.98. The van der Waals surface area contributed by atoms with Crippen LogP contribution in [-0.4, -0.2) is 12.1 Å². The van der Waals surface area contributed by atoms with Gasteiger partial charge in [-0.05, 0) is 32.4 Å². The summed E-state index contributed by atoms with van der Waals surface area (Å²) in [6.45, 7) is 3.84. The van der Waals surface area contributed by atoms with Crippen molar-refractivity contribution in [2.75, 3.05) is 0 Å². The lowest BCUT2D eigenvalue weighted by Gasteiger charge is -1.95. The smallest absolute Gasteiger partial charge is 0.306 e. The maximum Gasteiger partial charge on any atom is 0.306 e. The number of benzene rings is 1. The van der Waals surface area contributed by atoms with Crippen LogP contribution in [0.5, 0.6) is 0 Å². The van der Waals surface area contributed by atoms with Gasteiger partial charge in [-0.25, -0.2) is 4.39 Å². The fraction of sp³-hybridized carbons (Fsp3) is 0.417. The van der Waals surface area contributed by atoms with Gasteiger partial charge < -0.3 is 4.74 Å². The van der Waals surface area contributed by atoms with E-state index in [1.165, 1.54) is 12.1 Å². The van der Waals surface area contributed by atoms with Crippen LogP contribution in [0.1, 0.15) is 25.3 Å². The zero-order valence-electron chi connectivity index (χ0n) is 9.00. The number of ether oxygens (including phenoxy) is 1. The number of halogens is 1. The highest BCUT2D eigenvalue weighted by molar-refractivity contribution is 5.71. The molecule has 2 rings (SSSR count). The van der Waals surface area contributed by atoms with E-state index in [1.54, 1.807) is 12.1 Å². The first-order chi connectivity index (χ1) is 7.08. The Hall–Kier alpha value is -1.38. The molecule has 0 aliphatic carbocycles. The molecule has 1 saturated heterocycles. The molecular weight excluding hydrogens is 195 g/mol. The molecule has 0 N–H and O–H groups in total. The van der Waals surface area contributed by atoms with Crippen molar-refractivity contribution in [3.8, 4) is 0 Å². The SMILES string of the molecule is C[C@H]1CCC(=O)O1.Cc1ccc(F)cc1. The molecule has 82 valence electrons. The third kappa shape index (κ3) is 4.58. The number of carbonyl (C=O) groups is 1. The van der Waals surface area contributed by atoms with Gasteiger partial charge in [0.05, 0.1) is 6.10 Å². The minimum Gasteiger partial charge on any atom is -0.463 e. The number of hydrogen-bond donors (Lipinski definition) is 0. The molecular formula is C12H15FO2. The summed E-state index contributed by atoms with van der Waals surface area (Å²) in [6, 6.07) is 6.40. The van der Waals surface area contributed by atoms with E-state index in [4.69, 9.17) is 4.74 Å². The van der Waals surface area contributed by atoms with E-state index in [0.29, 0.717) is 6.42 Å². The molecule has 0 bridgehead atoms. The van der Waals surface area contributed by atoms with Crippen LogP contribution in [0.15, 0.2) is 24.3 Å². The number of aryl methyl sites for hydroxylation is 1. The molecule has 1 atom stereocenters. The van der Waals surface area contributed by atoms with E-state index in [1.807, 2.05) is 13.8 Å². The molecule has 1 heterocycles. The summed E-state index contributed by atoms with van der Waals surface area (Å²) in [4.78, 5) is 10.2. The van der Waals surface area contributed by atoms with Gasteiger partial charge in [0.15, 0.2) is 0 Å². The maximum atomic E-state index is 12.1. The van der Waals surface area contributed by atoms with Crippen LogP contribution in [0.4, 0.5) is 4.39 Å². The Balaban J connectivity index is 0.000000151. The number of carbonyl (C=O) groups excluding carboxylic acids is 1. The molecule has 2 nitrogen and oxygen atoms in total. The Morgan fingerprint density at radius 3 is 2.20 bits per heavy atom. The van der Waals surface area contributed by atoms with Crippen molar-refractivity contribution in [3.05, 3.63) is 35.6 Å². The van der Waals surface area contributed by atoms with E-state index in [2.05, 4.69) is 0 Å². The minimum atomic E-state index is -0.171. The van der Waals surface area contributed by atoms with Gasteiger partial charge in [0, 0.05) is 6.42 Å². The molecule has 0 saturated carbocycles. The van der Waals surface area contributed by atoms with Gasteiger partial charge in [-0.1, -0.05) is 17.7 Å². The minimum absolute atomic E-state index is 0.0486. The summed E-state index contributed by atoms with van der Waals surface area (Å²) < 4.78 is 16.8. The van der Waals surface area contributed by atoms with Gasteiger partial charge >= 0.3 is 5.97 Å². The van der Waals surface area contributed by atoms with E-state index in [0.717, 1.165) is 12.0 Å². The molecule has 3 heteroatoms. The van der Waals surface area contributed by atoms with Crippen molar-refractivity contribution >= 4 is 5.97 Å². The van der Waals surface area contributed by atoms with Gasteiger partial charge in [-0.15, -0.1) is 0 Å². The van der Waals surface area contributed by atoms with Crippen molar-refractivity contribution in [1.29, 1.82) is 0 Å². The Morgan fingerprint density at radius 2 is 1.93 bits per heavy atom. The molecule has 15 heavy (non-hydrogen) atoms. The van der Waals surface area contributed by atoms with Crippen LogP contribution in [0.3, 0.4) is 0 Å². The topological polar surface area (TPSA) is 26.3 Å². The molecule has 1 aliphatic rings. The Morgan fingerprint density at radius 1 is 1.33 bits per heavy atom. The second-order valence-corrected chi connectivity index (χ2v) is 3.63. The molecule has 0 aromatic heterocycles. The van der Waals surface area contributed by atoms with Gasteiger partial charge in [0.2, 0.25) is 0 Å². The summed E-state index contributed by atoms with van der Waals surface area (Å²) in [5, 5.41) is 0. The average Bonchev–Trinajstić information content (AvgIpc) is 2.56. The van der Waals surface area contributed by atoms with Crippen molar-refractivity contribution in [3.63, 3.8) is 0 Å². The van der Waals surface area contributed by atoms with Gasteiger partial charge in [-0.3, -0.25) is 4.79 Å². The van der Waals surface area contributed by atoms with Crippen LogP contribution < -0.4 is 0 Å². The first-order valence-electron chi connectivity index (χ1n) is 4.99. The third-order valence-electron chi connectivity index (χ3n) is 2.10. The van der Waals surface area contributed by atoms with Crippen molar-refractivity contribution in [2.24, 2.45) is 0 Å². The Bertz CT molecular complexity index is 298. The first kappa shape index (κ1) is 11.7. The zero-order chi connectivity index (χ0) is 11.3. The largest absolute Gasteiger partial charge is 0.463 e. The van der Waals surface area contributed by atoms with Crippen LogP contribution in [-0.2, 0) is 9.53 Å². The summed E-state index contributed by atoms with van der Waals surface area (Å²) in [6.07, 6.45) is 1.69. The van der Waals surface area contributed by atoms with Crippen LogP contribution in [0.2, 0.25) is 0 Å². The van der Waals surface area contributed by atoms with Crippen molar-refractivity contribution in [2.45, 2.75) is 32.8 Å². The maximum absolute atomic E-state index is 12.1. The van der Waals surface area contributed by atoms with Gasteiger partial charge in [0.1, 0.15) is 5.82 Å². The lowest BCUT2D eigenvalue weighted by molar-refractivity contribution is -0.140. The van der Waals surface area contributed by atoms with E-state index in [-0.39, 0.29) is 17.9 Å². The van der Waals surface area contributed by atoms with Crippen molar-refractivity contribution < 1.29 is 13.9 Å². The lowest BCUT2D eigenvalue weighted by atomic mass is 10.2. The number of esters is 1. The summed E-state index contributed by atoms with van der Waals surface area (Å²) in [5.41, 5.74) is 1.09. The Kier molecular flexibility index (Phi) is 4.28. The van der Waals surface area contributed by atoms with E-state index < -0.39 is 0 Å². The highest BCUT2D eigenvalue weighted by Crippen LogP contribution is 2.11. The average molecular weight is 210 g/mol. The number of cyclic esters (lactones) is 1. The van der Waals surface area contributed by atoms with E-state index in [9.17, 15) is 9.18 Å². The molecule has 1 aromatic carbocycles. The second kappa shape index (κ2) is 5.49. The van der Waals surface area contributed by atoms with Gasteiger partial charge in [-0.2, -0.15) is 0 Å². The second-order valence-electron chi connectivity index (χ2n) is 3.63. The predicted molar refractivity (Wildman–Crippen MR) is 55.9 cm³/mol. The molecule has 0 amide bonds. The summed E-state index contributed by atoms with van der Waals surface area (Å²) in [5.74, 6) is -0.219. The van der Waals surface area contributed by atoms with Crippen molar-refractivity contribution in [1.82, 2.24) is 0 Å². The first-order valence-corrected chi connectivity index (χ1v) is 4.99. The predicted octanol–water partition coefficient (Wildman–Crippen LogP) is 2.85.